The van der Waals surface area contributed by atoms with Crippen molar-refractivity contribution in [3.63, 3.8) is 0 Å². The number of hydrogen-bond acceptors (Lipinski definition) is 4. The van der Waals surface area contributed by atoms with Gasteiger partial charge in [0.1, 0.15) is 0 Å². The van der Waals surface area contributed by atoms with Gasteiger partial charge >= 0.3 is 0 Å². The van der Waals surface area contributed by atoms with E-state index in [1.54, 1.807) is 4.31 Å². The molecule has 1 aliphatic heterocycles. The van der Waals surface area contributed by atoms with Gasteiger partial charge in [0, 0.05) is 25.8 Å². The van der Waals surface area contributed by atoms with Crippen LogP contribution in [-0.2, 0) is 14.8 Å². The summed E-state index contributed by atoms with van der Waals surface area (Å²) in [6, 6.07) is 0.245. The van der Waals surface area contributed by atoms with Crippen LogP contribution in [0, 0.1) is 0 Å². The Bertz CT molecular complexity index is 335. The molecule has 1 saturated carbocycles. The molecule has 0 atom stereocenters. The highest BCUT2D eigenvalue weighted by Crippen LogP contribution is 2.32. The molecule has 0 aromatic rings. The minimum absolute atomic E-state index is 0.241. The molecule has 2 fully saturated rings. The molecule has 2 N–H and O–H groups in total. The Morgan fingerprint density at radius 1 is 1.18 bits per heavy atom. The van der Waals surface area contributed by atoms with Crippen LogP contribution in [0.15, 0.2) is 0 Å². The Balaban J connectivity index is 2.04. The highest BCUT2D eigenvalue weighted by molar-refractivity contribution is 7.89. The molecule has 0 radical (unpaired) electrons. The van der Waals surface area contributed by atoms with Crippen molar-refractivity contribution in [3.05, 3.63) is 0 Å². The maximum Gasteiger partial charge on any atom is 0.217 e. The molecule has 100 valence electrons. The number of rotatable bonds is 6. The lowest BCUT2D eigenvalue weighted by Crippen LogP contribution is -2.43. The second-order valence-electron chi connectivity index (χ2n) is 4.84. The van der Waals surface area contributed by atoms with E-state index in [4.69, 9.17) is 10.5 Å². The van der Waals surface area contributed by atoms with Crippen LogP contribution in [0.1, 0.15) is 32.1 Å². The Morgan fingerprint density at radius 2 is 1.82 bits per heavy atom. The van der Waals surface area contributed by atoms with Crippen LogP contribution < -0.4 is 5.73 Å². The zero-order chi connectivity index (χ0) is 12.3. The number of nitrogens with two attached hydrogens (primary N) is 1. The number of nitrogens with zero attached hydrogens (tertiary/aromatic N) is 1. The smallest absolute Gasteiger partial charge is 0.217 e. The van der Waals surface area contributed by atoms with Crippen LogP contribution >= 0.6 is 0 Å². The van der Waals surface area contributed by atoms with E-state index in [2.05, 4.69) is 0 Å². The summed E-state index contributed by atoms with van der Waals surface area (Å²) in [4.78, 5) is 0. The SMILES string of the molecule is NCCCN(C1CC1)S(=O)(=O)C1CCOCC1. The quantitative estimate of drug-likeness (QED) is 0.747. The molecule has 5 nitrogen and oxygen atoms in total. The number of sulfonamides is 1. The molecule has 1 heterocycles. The van der Waals surface area contributed by atoms with Gasteiger partial charge in [-0.05, 0) is 38.6 Å². The fourth-order valence-corrected chi connectivity index (χ4v) is 4.47. The molecular weight excluding hydrogens is 240 g/mol. The van der Waals surface area contributed by atoms with E-state index in [1.165, 1.54) is 0 Å². The Kier molecular flexibility index (Phi) is 4.41. The normalized spacial score (nSPS) is 23.2. The van der Waals surface area contributed by atoms with Crippen LogP contribution in [0.25, 0.3) is 0 Å². The van der Waals surface area contributed by atoms with Gasteiger partial charge in [-0.1, -0.05) is 0 Å². The molecule has 2 rings (SSSR count). The molecule has 0 bridgehead atoms. The van der Waals surface area contributed by atoms with Gasteiger partial charge in [-0.15, -0.1) is 0 Å². The number of ether oxygens (including phenoxy) is 1. The maximum absolute atomic E-state index is 12.5. The zero-order valence-corrected chi connectivity index (χ0v) is 11.0. The summed E-state index contributed by atoms with van der Waals surface area (Å²) in [5.41, 5.74) is 5.48. The van der Waals surface area contributed by atoms with E-state index in [-0.39, 0.29) is 11.3 Å². The third-order valence-corrected chi connectivity index (χ3v) is 5.90. The summed E-state index contributed by atoms with van der Waals surface area (Å²) < 4.78 is 31.9. The van der Waals surface area contributed by atoms with Crippen LogP contribution in [0.5, 0.6) is 0 Å². The van der Waals surface area contributed by atoms with Gasteiger partial charge in [0.05, 0.1) is 5.25 Å². The molecule has 1 aliphatic carbocycles. The maximum atomic E-state index is 12.5. The summed E-state index contributed by atoms with van der Waals surface area (Å²) >= 11 is 0. The zero-order valence-electron chi connectivity index (χ0n) is 10.2. The Morgan fingerprint density at radius 3 is 2.35 bits per heavy atom. The second kappa shape index (κ2) is 5.65. The van der Waals surface area contributed by atoms with E-state index in [0.717, 1.165) is 19.3 Å². The van der Waals surface area contributed by atoms with Crippen molar-refractivity contribution in [3.8, 4) is 0 Å². The first kappa shape index (κ1) is 13.3. The molecule has 6 heteroatoms. The van der Waals surface area contributed by atoms with Gasteiger partial charge in [-0.25, -0.2) is 8.42 Å². The van der Waals surface area contributed by atoms with E-state index in [1.807, 2.05) is 0 Å². The molecule has 0 spiro atoms. The van der Waals surface area contributed by atoms with Gasteiger partial charge in [0.15, 0.2) is 0 Å². The van der Waals surface area contributed by atoms with Gasteiger partial charge in [-0.3, -0.25) is 0 Å². The van der Waals surface area contributed by atoms with Crippen molar-refractivity contribution in [2.24, 2.45) is 5.73 Å². The monoisotopic (exact) mass is 262 g/mol. The fraction of sp³-hybridized carbons (Fsp3) is 1.00. The average Bonchev–Trinajstić information content (AvgIpc) is 3.15. The third kappa shape index (κ3) is 3.19. The van der Waals surface area contributed by atoms with E-state index in [9.17, 15) is 8.42 Å². The van der Waals surface area contributed by atoms with Crippen molar-refractivity contribution in [2.45, 2.75) is 43.4 Å². The van der Waals surface area contributed by atoms with E-state index >= 15 is 0 Å². The molecule has 2 aliphatic rings. The Hall–Kier alpha value is -0.170. The summed E-state index contributed by atoms with van der Waals surface area (Å²) in [5, 5.41) is -0.241. The summed E-state index contributed by atoms with van der Waals surface area (Å²) in [7, 11) is -3.14. The van der Waals surface area contributed by atoms with Crippen LogP contribution in [-0.4, -0.2) is 50.3 Å². The molecule has 0 aromatic heterocycles. The van der Waals surface area contributed by atoms with E-state index in [0.29, 0.717) is 39.1 Å². The second-order valence-corrected chi connectivity index (χ2v) is 7.01. The topological polar surface area (TPSA) is 72.6 Å². The summed E-state index contributed by atoms with van der Waals surface area (Å²) in [6.07, 6.45) is 4.03. The minimum atomic E-state index is -3.14. The highest BCUT2D eigenvalue weighted by atomic mass is 32.2. The third-order valence-electron chi connectivity index (χ3n) is 3.45. The van der Waals surface area contributed by atoms with Crippen LogP contribution in [0.3, 0.4) is 0 Å². The van der Waals surface area contributed by atoms with Crippen LogP contribution in [0.4, 0.5) is 0 Å². The number of hydrogen-bond donors (Lipinski definition) is 1. The Labute approximate surface area is 103 Å². The van der Waals surface area contributed by atoms with Crippen LogP contribution in [0.2, 0.25) is 0 Å². The van der Waals surface area contributed by atoms with Gasteiger partial charge in [0.2, 0.25) is 10.0 Å². The molecule has 1 saturated heterocycles. The summed E-state index contributed by atoms with van der Waals surface area (Å²) in [5.74, 6) is 0. The van der Waals surface area contributed by atoms with Crippen molar-refractivity contribution >= 4 is 10.0 Å². The standard InChI is InChI=1S/C11H22N2O3S/c12-6-1-7-13(10-2-3-10)17(14,15)11-4-8-16-9-5-11/h10-11H,1-9,12H2. The molecule has 0 amide bonds. The lowest BCUT2D eigenvalue weighted by Gasteiger charge is -2.29. The van der Waals surface area contributed by atoms with Crippen molar-refractivity contribution in [2.75, 3.05) is 26.3 Å². The molecule has 17 heavy (non-hydrogen) atoms. The van der Waals surface area contributed by atoms with Crippen molar-refractivity contribution < 1.29 is 13.2 Å². The largest absolute Gasteiger partial charge is 0.381 e. The fourth-order valence-electron chi connectivity index (χ4n) is 2.29. The molecule has 0 aromatic carbocycles. The first-order valence-electron chi connectivity index (χ1n) is 6.44. The lowest BCUT2D eigenvalue weighted by atomic mass is 10.2. The lowest BCUT2D eigenvalue weighted by molar-refractivity contribution is 0.0971. The highest BCUT2D eigenvalue weighted by Gasteiger charge is 2.41. The molecule has 0 unspecified atom stereocenters. The average molecular weight is 262 g/mol. The first-order valence-corrected chi connectivity index (χ1v) is 7.95. The molecular formula is C11H22N2O3S. The van der Waals surface area contributed by atoms with Gasteiger partial charge in [0.25, 0.3) is 0 Å². The minimum Gasteiger partial charge on any atom is -0.381 e. The van der Waals surface area contributed by atoms with Crippen molar-refractivity contribution in [1.29, 1.82) is 0 Å². The predicted octanol–water partition coefficient (Wildman–Crippen LogP) is 0.308. The van der Waals surface area contributed by atoms with E-state index < -0.39 is 10.0 Å². The predicted molar refractivity (Wildman–Crippen MR) is 66.2 cm³/mol. The summed E-state index contributed by atoms with van der Waals surface area (Å²) in [6.45, 7) is 2.27. The van der Waals surface area contributed by atoms with Gasteiger partial charge < -0.3 is 10.5 Å². The first-order chi connectivity index (χ1) is 8.16. The van der Waals surface area contributed by atoms with Gasteiger partial charge in [-0.2, -0.15) is 4.31 Å². The van der Waals surface area contributed by atoms with Crippen molar-refractivity contribution in [1.82, 2.24) is 4.31 Å².